The van der Waals surface area contributed by atoms with E-state index in [1.54, 1.807) is 18.2 Å². The predicted octanol–water partition coefficient (Wildman–Crippen LogP) is 3.22. The molecule has 0 saturated carbocycles. The van der Waals surface area contributed by atoms with Crippen LogP contribution in [0, 0.1) is 0 Å². The molecule has 1 N–H and O–H groups in total. The van der Waals surface area contributed by atoms with Gasteiger partial charge >= 0.3 is 0 Å². The molecular weight excluding hydrogens is 340 g/mol. The molecule has 0 atom stereocenters. The maximum Gasteiger partial charge on any atom is 0.255 e. The second-order valence-electron chi connectivity index (χ2n) is 5.82. The highest BCUT2D eigenvalue weighted by molar-refractivity contribution is 6.31. The second kappa shape index (κ2) is 9.30. The Morgan fingerprint density at radius 1 is 1.16 bits per heavy atom. The maximum atomic E-state index is 12.3. The maximum absolute atomic E-state index is 12.3. The number of nitrogens with zero attached hydrogens (tertiary/aromatic N) is 1. The van der Waals surface area contributed by atoms with Crippen LogP contribution in [0.4, 0.5) is 0 Å². The van der Waals surface area contributed by atoms with Gasteiger partial charge in [0.2, 0.25) is 0 Å². The van der Waals surface area contributed by atoms with Crippen LogP contribution in [-0.2, 0) is 6.54 Å². The number of rotatable bonds is 8. The first kappa shape index (κ1) is 19.1. The number of hydrogen-bond acceptors (Lipinski definition) is 4. The Morgan fingerprint density at radius 3 is 2.52 bits per heavy atom. The van der Waals surface area contributed by atoms with E-state index < -0.39 is 0 Å². The molecule has 0 heterocycles. The van der Waals surface area contributed by atoms with Gasteiger partial charge in [0.05, 0.1) is 12.7 Å². The Balaban J connectivity index is 1.90. The predicted molar refractivity (Wildman–Crippen MR) is 99.7 cm³/mol. The van der Waals surface area contributed by atoms with Crippen molar-refractivity contribution in [3.63, 3.8) is 0 Å². The molecule has 0 unspecified atom stereocenters. The molecule has 0 spiro atoms. The minimum Gasteiger partial charge on any atom is -0.496 e. The highest BCUT2D eigenvalue weighted by atomic mass is 35.5. The van der Waals surface area contributed by atoms with Gasteiger partial charge in [0.15, 0.2) is 0 Å². The zero-order chi connectivity index (χ0) is 18.2. The van der Waals surface area contributed by atoms with E-state index in [1.807, 2.05) is 38.4 Å². The van der Waals surface area contributed by atoms with Gasteiger partial charge < -0.3 is 19.7 Å². The second-order valence-corrected chi connectivity index (χ2v) is 6.26. The summed E-state index contributed by atoms with van der Waals surface area (Å²) < 4.78 is 10.9. The third-order valence-corrected chi connectivity index (χ3v) is 3.82. The monoisotopic (exact) mass is 362 g/mol. The summed E-state index contributed by atoms with van der Waals surface area (Å²) in [4.78, 5) is 14.4. The fourth-order valence-corrected chi connectivity index (χ4v) is 2.36. The molecule has 1 amide bonds. The van der Waals surface area contributed by atoms with Crippen LogP contribution < -0.4 is 14.8 Å². The quantitative estimate of drug-likeness (QED) is 0.783. The fraction of sp³-hybridized carbons (Fsp3) is 0.316. The van der Waals surface area contributed by atoms with Gasteiger partial charge in [0, 0.05) is 18.1 Å². The molecular formula is C19H23ClN2O3. The molecule has 0 bridgehead atoms. The molecule has 134 valence electrons. The van der Waals surface area contributed by atoms with E-state index >= 15 is 0 Å². The molecule has 0 radical (unpaired) electrons. The van der Waals surface area contributed by atoms with Crippen LogP contribution in [0.2, 0.25) is 5.02 Å². The van der Waals surface area contributed by atoms with Gasteiger partial charge in [-0.1, -0.05) is 23.7 Å². The SMILES string of the molecule is COc1ccc(Cl)cc1C(=O)NCc1ccc(OCCN(C)C)cc1. The highest BCUT2D eigenvalue weighted by Gasteiger charge is 2.12. The van der Waals surface area contributed by atoms with Crippen LogP contribution in [0.5, 0.6) is 11.5 Å². The number of benzene rings is 2. The van der Waals surface area contributed by atoms with Gasteiger partial charge in [-0.25, -0.2) is 0 Å². The third-order valence-electron chi connectivity index (χ3n) is 3.59. The summed E-state index contributed by atoms with van der Waals surface area (Å²) in [7, 11) is 5.53. The summed E-state index contributed by atoms with van der Waals surface area (Å²) >= 11 is 5.96. The smallest absolute Gasteiger partial charge is 0.255 e. The molecule has 2 rings (SSSR count). The number of amides is 1. The fourth-order valence-electron chi connectivity index (χ4n) is 2.18. The lowest BCUT2D eigenvalue weighted by Crippen LogP contribution is -2.23. The Hall–Kier alpha value is -2.24. The van der Waals surface area contributed by atoms with E-state index in [0.29, 0.717) is 29.5 Å². The molecule has 0 saturated heterocycles. The largest absolute Gasteiger partial charge is 0.496 e. The van der Waals surface area contributed by atoms with E-state index in [-0.39, 0.29) is 5.91 Å². The average molecular weight is 363 g/mol. The van der Waals surface area contributed by atoms with Crippen molar-refractivity contribution >= 4 is 17.5 Å². The number of carbonyl (C=O) groups excluding carboxylic acids is 1. The number of methoxy groups -OCH3 is 1. The first-order valence-corrected chi connectivity index (χ1v) is 8.35. The standard InChI is InChI=1S/C19H23ClN2O3/c1-22(2)10-11-25-16-7-4-14(5-8-16)13-21-19(23)17-12-15(20)6-9-18(17)24-3/h4-9,12H,10-11,13H2,1-3H3,(H,21,23). The minimum absolute atomic E-state index is 0.231. The Kier molecular flexibility index (Phi) is 7.10. The lowest BCUT2D eigenvalue weighted by atomic mass is 10.1. The number of carbonyl (C=O) groups is 1. The van der Waals surface area contributed by atoms with Crippen LogP contribution in [0.1, 0.15) is 15.9 Å². The summed E-state index contributed by atoms with van der Waals surface area (Å²) in [5, 5.41) is 3.36. The molecule has 2 aromatic rings. The summed E-state index contributed by atoms with van der Waals surface area (Å²) in [5.74, 6) is 1.07. The van der Waals surface area contributed by atoms with Gasteiger partial charge in [-0.2, -0.15) is 0 Å². The van der Waals surface area contributed by atoms with Gasteiger partial charge in [0.1, 0.15) is 18.1 Å². The normalized spacial score (nSPS) is 10.6. The van der Waals surface area contributed by atoms with E-state index in [9.17, 15) is 4.79 Å². The number of halogens is 1. The van der Waals surface area contributed by atoms with Crippen LogP contribution in [0.15, 0.2) is 42.5 Å². The average Bonchev–Trinajstić information content (AvgIpc) is 2.60. The number of likely N-dealkylation sites (N-methyl/N-ethyl adjacent to an activating group) is 1. The van der Waals surface area contributed by atoms with E-state index in [2.05, 4.69) is 10.2 Å². The molecule has 5 nitrogen and oxygen atoms in total. The lowest BCUT2D eigenvalue weighted by molar-refractivity contribution is 0.0948. The first-order valence-electron chi connectivity index (χ1n) is 7.98. The van der Waals surface area contributed by atoms with Crippen molar-refractivity contribution in [3.05, 3.63) is 58.6 Å². The Bertz CT molecular complexity index is 702. The van der Waals surface area contributed by atoms with Crippen molar-refractivity contribution in [1.29, 1.82) is 0 Å². The summed E-state index contributed by atoms with van der Waals surface area (Å²) in [6, 6.07) is 12.6. The van der Waals surface area contributed by atoms with E-state index in [4.69, 9.17) is 21.1 Å². The molecule has 0 fully saturated rings. The Labute approximate surface area is 153 Å². The van der Waals surface area contributed by atoms with Crippen LogP contribution in [0.3, 0.4) is 0 Å². The summed E-state index contributed by atoms with van der Waals surface area (Å²) in [6.07, 6.45) is 0. The van der Waals surface area contributed by atoms with E-state index in [0.717, 1.165) is 17.9 Å². The summed E-state index contributed by atoms with van der Waals surface area (Å²) in [6.45, 7) is 1.91. The third kappa shape index (κ3) is 5.96. The van der Waals surface area contributed by atoms with E-state index in [1.165, 1.54) is 7.11 Å². The molecule has 0 aromatic heterocycles. The summed E-state index contributed by atoms with van der Waals surface area (Å²) in [5.41, 5.74) is 1.40. The molecule has 6 heteroatoms. The van der Waals surface area contributed by atoms with Crippen molar-refractivity contribution < 1.29 is 14.3 Å². The van der Waals surface area contributed by atoms with Gasteiger partial charge in [0.25, 0.3) is 5.91 Å². The van der Waals surface area contributed by atoms with Crippen LogP contribution >= 0.6 is 11.6 Å². The van der Waals surface area contributed by atoms with Crippen molar-refractivity contribution in [2.75, 3.05) is 34.4 Å². The van der Waals surface area contributed by atoms with Crippen molar-refractivity contribution in [1.82, 2.24) is 10.2 Å². The van der Waals surface area contributed by atoms with Gasteiger partial charge in [-0.05, 0) is 50.0 Å². The molecule has 2 aromatic carbocycles. The van der Waals surface area contributed by atoms with Crippen LogP contribution in [0.25, 0.3) is 0 Å². The molecule has 0 aliphatic heterocycles. The molecule has 25 heavy (non-hydrogen) atoms. The van der Waals surface area contributed by atoms with Crippen molar-refractivity contribution in [2.45, 2.75) is 6.54 Å². The number of nitrogens with one attached hydrogen (secondary N) is 1. The van der Waals surface area contributed by atoms with Crippen molar-refractivity contribution in [2.24, 2.45) is 0 Å². The number of hydrogen-bond donors (Lipinski definition) is 1. The zero-order valence-electron chi connectivity index (χ0n) is 14.7. The molecule has 0 aliphatic rings. The van der Waals surface area contributed by atoms with Crippen LogP contribution in [-0.4, -0.2) is 45.2 Å². The first-order chi connectivity index (χ1) is 12.0. The van der Waals surface area contributed by atoms with Gasteiger partial charge in [-0.3, -0.25) is 4.79 Å². The van der Waals surface area contributed by atoms with Crippen molar-refractivity contribution in [3.8, 4) is 11.5 Å². The Morgan fingerprint density at radius 2 is 1.88 bits per heavy atom. The van der Waals surface area contributed by atoms with Gasteiger partial charge in [-0.15, -0.1) is 0 Å². The minimum atomic E-state index is -0.231. The lowest BCUT2D eigenvalue weighted by Gasteiger charge is -2.12. The number of ether oxygens (including phenoxy) is 2. The topological polar surface area (TPSA) is 50.8 Å². The highest BCUT2D eigenvalue weighted by Crippen LogP contribution is 2.22. The molecule has 0 aliphatic carbocycles. The zero-order valence-corrected chi connectivity index (χ0v) is 15.5.